The zero-order valence-electron chi connectivity index (χ0n) is 12.8. The summed E-state index contributed by atoms with van der Waals surface area (Å²) in [7, 11) is 0. The van der Waals surface area contributed by atoms with Crippen LogP contribution in [-0.4, -0.2) is 36.2 Å². The molecule has 1 heterocycles. The Balaban J connectivity index is 0.00000220. The summed E-state index contributed by atoms with van der Waals surface area (Å²) in [6.45, 7) is 9.10. The molecule has 2 rings (SSSR count). The normalized spacial score (nSPS) is 16.3. The van der Waals surface area contributed by atoms with Crippen molar-refractivity contribution in [1.82, 2.24) is 10.2 Å². The van der Waals surface area contributed by atoms with Crippen LogP contribution in [0.2, 0.25) is 0 Å². The van der Waals surface area contributed by atoms with E-state index in [0.29, 0.717) is 5.56 Å². The minimum atomic E-state index is -0.319. The van der Waals surface area contributed by atoms with Crippen molar-refractivity contribution in [3.05, 3.63) is 41.7 Å². The Kier molecular flexibility index (Phi) is 9.69. The lowest BCUT2D eigenvalue weighted by atomic mass is 9.96. The Bertz CT molecular complexity index is 479. The lowest BCUT2D eigenvalue weighted by Gasteiger charge is -2.35. The van der Waals surface area contributed by atoms with E-state index in [0.717, 1.165) is 44.6 Å². The van der Waals surface area contributed by atoms with Crippen LogP contribution in [0, 0.1) is 12.7 Å². The number of halogens is 3. The lowest BCUT2D eigenvalue weighted by Crippen LogP contribution is -2.45. The molecule has 0 aromatic heterocycles. The van der Waals surface area contributed by atoms with Crippen LogP contribution in [-0.2, 0) is 0 Å². The predicted molar refractivity (Wildman–Crippen MR) is 93.9 cm³/mol. The average Bonchev–Trinajstić information content (AvgIpc) is 2.47. The van der Waals surface area contributed by atoms with Gasteiger partial charge in [-0.2, -0.15) is 0 Å². The van der Waals surface area contributed by atoms with Crippen LogP contribution in [0.5, 0.6) is 5.75 Å². The van der Waals surface area contributed by atoms with Gasteiger partial charge in [-0.3, -0.25) is 4.90 Å². The van der Waals surface area contributed by atoms with E-state index in [1.165, 1.54) is 6.07 Å². The second kappa shape index (κ2) is 10.1. The molecule has 0 spiro atoms. The Hall–Kier alpha value is -0.810. The van der Waals surface area contributed by atoms with Crippen LogP contribution in [0.3, 0.4) is 0 Å². The maximum atomic E-state index is 14.2. The summed E-state index contributed by atoms with van der Waals surface area (Å²) in [6, 6.07) is 2.99. The first-order valence-electron chi connectivity index (χ1n) is 7.18. The molecule has 1 aromatic rings. The number of hydrogen-bond donors (Lipinski definition) is 2. The highest BCUT2D eigenvalue weighted by molar-refractivity contribution is 5.85. The van der Waals surface area contributed by atoms with Crippen molar-refractivity contribution in [1.29, 1.82) is 0 Å². The molecule has 126 valence electrons. The third kappa shape index (κ3) is 4.85. The van der Waals surface area contributed by atoms with Gasteiger partial charge < -0.3 is 10.4 Å². The van der Waals surface area contributed by atoms with Crippen LogP contribution in [0.15, 0.2) is 24.8 Å². The Morgan fingerprint density at radius 2 is 2.00 bits per heavy atom. The summed E-state index contributed by atoms with van der Waals surface area (Å²) in [5.74, 6) is -0.224. The molecule has 0 amide bonds. The highest BCUT2D eigenvalue weighted by Gasteiger charge is 2.27. The molecule has 3 nitrogen and oxygen atoms in total. The fourth-order valence-corrected chi connectivity index (χ4v) is 2.79. The van der Waals surface area contributed by atoms with Crippen molar-refractivity contribution in [3.63, 3.8) is 0 Å². The van der Waals surface area contributed by atoms with E-state index in [-0.39, 0.29) is 42.4 Å². The lowest BCUT2D eigenvalue weighted by molar-refractivity contribution is 0.160. The Labute approximate surface area is 144 Å². The van der Waals surface area contributed by atoms with Gasteiger partial charge in [-0.15, -0.1) is 31.4 Å². The molecular formula is C16H25Cl2FN2O. The molecule has 1 atom stereocenters. The van der Waals surface area contributed by atoms with Crippen molar-refractivity contribution >= 4 is 24.8 Å². The second-order valence-corrected chi connectivity index (χ2v) is 5.29. The standard InChI is InChI=1S/C16H23FN2O.2ClH/c1-3-4-5-14(19-10-8-18-9-11-19)15-13(17)7-6-12(2)16(15)20;;/h3,6-7,14,18,20H,1,4-5,8-11H2,2H3;2*1H/t14-;;/m1../s1. The molecule has 1 aromatic carbocycles. The van der Waals surface area contributed by atoms with Crippen LogP contribution >= 0.6 is 24.8 Å². The highest BCUT2D eigenvalue weighted by Crippen LogP contribution is 2.36. The predicted octanol–water partition coefficient (Wildman–Crippen LogP) is 3.60. The maximum Gasteiger partial charge on any atom is 0.131 e. The summed E-state index contributed by atoms with van der Waals surface area (Å²) >= 11 is 0. The number of nitrogens with zero attached hydrogens (tertiary/aromatic N) is 1. The van der Waals surface area contributed by atoms with Gasteiger partial charge in [0.15, 0.2) is 0 Å². The van der Waals surface area contributed by atoms with Gasteiger partial charge in [0.2, 0.25) is 0 Å². The van der Waals surface area contributed by atoms with E-state index in [1.807, 2.05) is 6.08 Å². The first kappa shape index (κ1) is 21.2. The van der Waals surface area contributed by atoms with E-state index < -0.39 is 0 Å². The topological polar surface area (TPSA) is 35.5 Å². The van der Waals surface area contributed by atoms with E-state index in [2.05, 4.69) is 16.8 Å². The van der Waals surface area contributed by atoms with Crippen LogP contribution < -0.4 is 5.32 Å². The average molecular weight is 351 g/mol. The second-order valence-electron chi connectivity index (χ2n) is 5.29. The number of rotatable bonds is 5. The molecule has 1 saturated heterocycles. The first-order valence-corrected chi connectivity index (χ1v) is 7.18. The first-order chi connectivity index (χ1) is 9.65. The summed E-state index contributed by atoms with van der Waals surface area (Å²) < 4.78 is 14.2. The van der Waals surface area contributed by atoms with Gasteiger partial charge in [-0.05, 0) is 31.4 Å². The number of allylic oxidation sites excluding steroid dienone is 1. The van der Waals surface area contributed by atoms with Gasteiger partial charge in [0.1, 0.15) is 11.6 Å². The summed E-state index contributed by atoms with van der Waals surface area (Å²) in [5.41, 5.74) is 1.16. The van der Waals surface area contributed by atoms with Crippen molar-refractivity contribution in [2.24, 2.45) is 0 Å². The van der Waals surface area contributed by atoms with E-state index in [1.54, 1.807) is 13.0 Å². The molecule has 0 saturated carbocycles. The molecule has 6 heteroatoms. The number of piperazine rings is 1. The maximum absolute atomic E-state index is 14.2. The van der Waals surface area contributed by atoms with E-state index in [9.17, 15) is 9.50 Å². The number of benzene rings is 1. The molecule has 1 aliphatic rings. The van der Waals surface area contributed by atoms with Crippen LogP contribution in [0.1, 0.15) is 30.0 Å². The summed E-state index contributed by atoms with van der Waals surface area (Å²) in [6.07, 6.45) is 3.43. The molecule has 0 aliphatic carbocycles. The third-order valence-corrected chi connectivity index (χ3v) is 3.94. The molecule has 1 fully saturated rings. The van der Waals surface area contributed by atoms with Crippen LogP contribution in [0.4, 0.5) is 4.39 Å². The minimum Gasteiger partial charge on any atom is -0.507 e. The van der Waals surface area contributed by atoms with Gasteiger partial charge in [0, 0.05) is 37.8 Å². The number of nitrogens with one attached hydrogen (secondary N) is 1. The highest BCUT2D eigenvalue weighted by atomic mass is 35.5. The SMILES string of the molecule is C=CCC[C@H](c1c(F)ccc(C)c1O)N1CCNCC1.Cl.Cl. The monoisotopic (exact) mass is 350 g/mol. The van der Waals surface area contributed by atoms with Crippen molar-refractivity contribution in [2.45, 2.75) is 25.8 Å². The summed E-state index contributed by atoms with van der Waals surface area (Å²) in [5, 5.41) is 13.6. The van der Waals surface area contributed by atoms with Gasteiger partial charge in [-0.25, -0.2) is 4.39 Å². The molecule has 0 unspecified atom stereocenters. The van der Waals surface area contributed by atoms with Crippen molar-refractivity contribution in [3.8, 4) is 5.75 Å². The number of phenols is 1. The van der Waals surface area contributed by atoms with E-state index >= 15 is 0 Å². The van der Waals surface area contributed by atoms with Crippen molar-refractivity contribution < 1.29 is 9.50 Å². The zero-order chi connectivity index (χ0) is 14.5. The third-order valence-electron chi connectivity index (χ3n) is 3.94. The van der Waals surface area contributed by atoms with Gasteiger partial charge in [0.25, 0.3) is 0 Å². The van der Waals surface area contributed by atoms with E-state index in [4.69, 9.17) is 0 Å². The molecule has 2 N–H and O–H groups in total. The van der Waals surface area contributed by atoms with Gasteiger partial charge >= 0.3 is 0 Å². The number of aromatic hydroxyl groups is 1. The molecule has 0 bridgehead atoms. The number of aryl methyl sites for hydroxylation is 1. The zero-order valence-corrected chi connectivity index (χ0v) is 14.5. The van der Waals surface area contributed by atoms with Gasteiger partial charge in [-0.1, -0.05) is 12.1 Å². The largest absolute Gasteiger partial charge is 0.507 e. The van der Waals surface area contributed by atoms with Crippen molar-refractivity contribution in [2.75, 3.05) is 26.2 Å². The molecule has 0 radical (unpaired) electrons. The summed E-state index contributed by atoms with van der Waals surface area (Å²) in [4.78, 5) is 2.25. The molecular weight excluding hydrogens is 326 g/mol. The Morgan fingerprint density at radius 3 is 2.59 bits per heavy atom. The number of phenolic OH excluding ortho intramolecular Hbond substituents is 1. The smallest absolute Gasteiger partial charge is 0.131 e. The van der Waals surface area contributed by atoms with Crippen LogP contribution in [0.25, 0.3) is 0 Å². The quantitative estimate of drug-likeness (QED) is 0.796. The fraction of sp³-hybridized carbons (Fsp3) is 0.500. The number of hydrogen-bond acceptors (Lipinski definition) is 3. The minimum absolute atomic E-state index is 0. The molecule has 22 heavy (non-hydrogen) atoms. The Morgan fingerprint density at radius 1 is 1.36 bits per heavy atom. The fourth-order valence-electron chi connectivity index (χ4n) is 2.79. The molecule has 1 aliphatic heterocycles. The van der Waals surface area contributed by atoms with Gasteiger partial charge in [0.05, 0.1) is 0 Å².